The summed E-state index contributed by atoms with van der Waals surface area (Å²) in [5, 5.41) is 32.6. The molecule has 0 spiro atoms. The van der Waals surface area contributed by atoms with E-state index in [1.807, 2.05) is 0 Å². The predicted molar refractivity (Wildman–Crippen MR) is 108 cm³/mol. The molecule has 0 saturated heterocycles. The smallest absolute Gasteiger partial charge is 0.355 e. The van der Waals surface area contributed by atoms with Crippen molar-refractivity contribution in [2.75, 3.05) is 27.4 Å². The molecule has 29 heavy (non-hydrogen) atoms. The fourth-order valence-corrected chi connectivity index (χ4v) is 3.56. The molecule has 0 radical (unpaired) electrons. The highest BCUT2D eigenvalue weighted by Crippen LogP contribution is 2.36. The summed E-state index contributed by atoms with van der Waals surface area (Å²) < 4.78 is 10.4. The maximum atomic E-state index is 12.6. The molecule has 0 amide bonds. The van der Waals surface area contributed by atoms with Crippen LogP contribution >= 0.6 is 0 Å². The molecule has 160 valence electrons. The highest BCUT2D eigenvalue weighted by atomic mass is 16.5. The lowest BCUT2D eigenvalue weighted by Gasteiger charge is -2.17. The van der Waals surface area contributed by atoms with Crippen molar-refractivity contribution in [3.05, 3.63) is 45.8 Å². The molecule has 5 N–H and O–H groups in total. The summed E-state index contributed by atoms with van der Waals surface area (Å²) in [7, 11) is 3.38. The molecule has 0 saturated carbocycles. The number of aromatic nitrogens is 1. The lowest BCUT2D eigenvalue weighted by molar-refractivity contribution is 0.0518. The van der Waals surface area contributed by atoms with Gasteiger partial charge in [-0.3, -0.25) is 0 Å². The summed E-state index contributed by atoms with van der Waals surface area (Å²) in [6, 6.07) is 3.52. The van der Waals surface area contributed by atoms with E-state index >= 15 is 0 Å². The van der Waals surface area contributed by atoms with Crippen LogP contribution in [-0.4, -0.2) is 53.6 Å². The number of benzene rings is 1. The van der Waals surface area contributed by atoms with Gasteiger partial charge in [0.1, 0.15) is 5.69 Å². The van der Waals surface area contributed by atoms with Crippen molar-refractivity contribution in [1.82, 2.24) is 10.3 Å². The number of ether oxygens (including phenoxy) is 2. The molecule has 0 fully saturated rings. The second-order valence-electron chi connectivity index (χ2n) is 6.53. The first-order chi connectivity index (χ1) is 14.1. The van der Waals surface area contributed by atoms with Crippen LogP contribution in [0.25, 0.3) is 11.1 Å². The zero-order valence-electron chi connectivity index (χ0n) is 17.2. The fourth-order valence-electron chi connectivity index (χ4n) is 3.56. The Bertz CT molecular complexity index is 831. The highest BCUT2D eigenvalue weighted by molar-refractivity contribution is 5.93. The number of rotatable bonds is 11. The number of esters is 1. The summed E-state index contributed by atoms with van der Waals surface area (Å²) in [6.45, 7) is 1.97. The first-order valence-electron chi connectivity index (χ1n) is 9.58. The van der Waals surface area contributed by atoms with E-state index in [-0.39, 0.29) is 26.4 Å². The number of H-pyrrole nitrogens is 1. The molecule has 1 heterocycles. The third-order valence-corrected chi connectivity index (χ3v) is 4.85. The molecule has 8 heteroatoms. The molecular formula is C21H30N2O6. The standard InChI is InChI=1S/C21H30N2O6/c1-4-29-21(27)20-15(7-8-28-3)19(18(23-20)9-22-2)14-6-5-13(10-24)16(11-25)17(14)12-26/h5-6,22-26H,4,7-12H2,1-3H3. The minimum atomic E-state index is -0.456. The monoisotopic (exact) mass is 406 g/mol. The van der Waals surface area contributed by atoms with Gasteiger partial charge in [-0.2, -0.15) is 0 Å². The number of aliphatic hydroxyl groups excluding tert-OH is 3. The van der Waals surface area contributed by atoms with E-state index in [1.165, 1.54) is 0 Å². The zero-order chi connectivity index (χ0) is 21.4. The minimum absolute atomic E-state index is 0.246. The number of aliphatic hydroxyl groups is 3. The summed E-state index contributed by atoms with van der Waals surface area (Å²) in [5.74, 6) is -0.456. The van der Waals surface area contributed by atoms with Gasteiger partial charge in [-0.15, -0.1) is 0 Å². The number of carbonyl (C=O) groups excluding carboxylic acids is 1. The van der Waals surface area contributed by atoms with Crippen molar-refractivity contribution in [3.8, 4) is 11.1 Å². The first kappa shape index (κ1) is 23.1. The van der Waals surface area contributed by atoms with Crippen LogP contribution in [0.3, 0.4) is 0 Å². The van der Waals surface area contributed by atoms with Crippen LogP contribution in [0, 0.1) is 0 Å². The van der Waals surface area contributed by atoms with Gasteiger partial charge in [-0.05, 0) is 48.2 Å². The Morgan fingerprint density at radius 1 is 1.10 bits per heavy atom. The Balaban J connectivity index is 2.80. The van der Waals surface area contributed by atoms with Gasteiger partial charge in [0.25, 0.3) is 0 Å². The van der Waals surface area contributed by atoms with Gasteiger partial charge in [0, 0.05) is 24.9 Å². The van der Waals surface area contributed by atoms with E-state index < -0.39 is 5.97 Å². The van der Waals surface area contributed by atoms with Crippen molar-refractivity contribution >= 4 is 5.97 Å². The number of hydrogen-bond donors (Lipinski definition) is 5. The van der Waals surface area contributed by atoms with E-state index in [0.717, 1.165) is 16.8 Å². The highest BCUT2D eigenvalue weighted by Gasteiger charge is 2.26. The lowest BCUT2D eigenvalue weighted by atomic mass is 9.89. The van der Waals surface area contributed by atoms with Crippen molar-refractivity contribution in [3.63, 3.8) is 0 Å². The van der Waals surface area contributed by atoms with Crippen LogP contribution in [0.1, 0.15) is 45.4 Å². The molecule has 0 unspecified atom stereocenters. The maximum absolute atomic E-state index is 12.6. The molecule has 1 aromatic carbocycles. The van der Waals surface area contributed by atoms with Gasteiger partial charge >= 0.3 is 5.97 Å². The number of nitrogens with one attached hydrogen (secondary N) is 2. The van der Waals surface area contributed by atoms with Crippen LogP contribution in [0.15, 0.2) is 12.1 Å². The van der Waals surface area contributed by atoms with Crippen molar-refractivity contribution in [2.45, 2.75) is 39.7 Å². The average Bonchev–Trinajstić information content (AvgIpc) is 3.09. The molecule has 0 aliphatic rings. The molecule has 2 aromatic rings. The summed E-state index contributed by atoms with van der Waals surface area (Å²) in [5.41, 5.74) is 4.85. The van der Waals surface area contributed by atoms with Gasteiger partial charge in [-0.1, -0.05) is 12.1 Å². The van der Waals surface area contributed by atoms with Crippen LogP contribution in [0.5, 0.6) is 0 Å². The van der Waals surface area contributed by atoms with Gasteiger partial charge in [0.2, 0.25) is 0 Å². The Kier molecular flexibility index (Phi) is 8.81. The van der Waals surface area contributed by atoms with Crippen LogP contribution < -0.4 is 5.32 Å². The van der Waals surface area contributed by atoms with E-state index in [9.17, 15) is 20.1 Å². The molecule has 0 bridgehead atoms. The molecule has 2 rings (SSSR count). The average molecular weight is 406 g/mol. The van der Waals surface area contributed by atoms with Crippen molar-refractivity contribution in [1.29, 1.82) is 0 Å². The molecule has 1 aromatic heterocycles. The first-order valence-corrected chi connectivity index (χ1v) is 9.58. The molecule has 0 atom stereocenters. The summed E-state index contributed by atoms with van der Waals surface area (Å²) in [4.78, 5) is 15.7. The second-order valence-corrected chi connectivity index (χ2v) is 6.53. The summed E-state index contributed by atoms with van der Waals surface area (Å²) >= 11 is 0. The molecular weight excluding hydrogens is 376 g/mol. The van der Waals surface area contributed by atoms with Gasteiger partial charge in [0.05, 0.1) is 33.0 Å². The van der Waals surface area contributed by atoms with Gasteiger partial charge in [0.15, 0.2) is 0 Å². The van der Waals surface area contributed by atoms with E-state index in [0.29, 0.717) is 47.5 Å². The van der Waals surface area contributed by atoms with Crippen LogP contribution in [0.2, 0.25) is 0 Å². The van der Waals surface area contributed by atoms with Crippen LogP contribution in [0.4, 0.5) is 0 Å². The second kappa shape index (κ2) is 11.1. The largest absolute Gasteiger partial charge is 0.461 e. The SMILES string of the molecule is CCOC(=O)c1[nH]c(CNC)c(-c2ccc(CO)c(CO)c2CO)c1CCOC. The zero-order valence-corrected chi connectivity index (χ0v) is 17.2. The number of methoxy groups -OCH3 is 1. The molecule has 8 nitrogen and oxygen atoms in total. The predicted octanol–water partition coefficient (Wildman–Crippen LogP) is 1.24. The minimum Gasteiger partial charge on any atom is -0.461 e. The Hall–Kier alpha value is -2.23. The quantitative estimate of drug-likeness (QED) is 0.356. The normalized spacial score (nSPS) is 11.1. The Labute approximate surface area is 170 Å². The fraction of sp³-hybridized carbons (Fsp3) is 0.476. The van der Waals surface area contributed by atoms with E-state index in [4.69, 9.17) is 9.47 Å². The molecule has 0 aliphatic heterocycles. The van der Waals surface area contributed by atoms with Crippen molar-refractivity contribution < 1.29 is 29.6 Å². The third kappa shape index (κ3) is 4.85. The van der Waals surface area contributed by atoms with Crippen LogP contribution in [-0.2, 0) is 42.3 Å². The topological polar surface area (TPSA) is 124 Å². The third-order valence-electron chi connectivity index (χ3n) is 4.85. The number of hydrogen-bond acceptors (Lipinski definition) is 7. The van der Waals surface area contributed by atoms with Crippen molar-refractivity contribution in [2.24, 2.45) is 0 Å². The van der Waals surface area contributed by atoms with Gasteiger partial charge in [-0.25, -0.2) is 4.79 Å². The Morgan fingerprint density at radius 2 is 1.83 bits per heavy atom. The lowest BCUT2D eigenvalue weighted by Crippen LogP contribution is -2.10. The maximum Gasteiger partial charge on any atom is 0.355 e. The van der Waals surface area contributed by atoms with Gasteiger partial charge < -0.3 is 35.1 Å². The van der Waals surface area contributed by atoms with E-state index in [2.05, 4.69) is 10.3 Å². The number of aromatic amines is 1. The molecule has 0 aliphatic carbocycles. The Morgan fingerprint density at radius 3 is 2.38 bits per heavy atom. The summed E-state index contributed by atoms with van der Waals surface area (Å²) in [6.07, 6.45) is 0.460. The number of carbonyl (C=O) groups is 1. The van der Waals surface area contributed by atoms with E-state index in [1.54, 1.807) is 33.2 Å².